The fourth-order valence-corrected chi connectivity index (χ4v) is 1.86. The minimum Gasteiger partial charge on any atom is -0.406 e. The van der Waals surface area contributed by atoms with Crippen molar-refractivity contribution in [3.63, 3.8) is 0 Å². The van der Waals surface area contributed by atoms with Crippen molar-refractivity contribution in [2.24, 2.45) is 0 Å². The van der Waals surface area contributed by atoms with Crippen molar-refractivity contribution >= 4 is 11.5 Å². The van der Waals surface area contributed by atoms with E-state index in [1.54, 1.807) is 6.20 Å². The second-order valence-electron chi connectivity index (χ2n) is 4.79. The van der Waals surface area contributed by atoms with Gasteiger partial charge in [-0.25, -0.2) is 4.98 Å². The molecule has 0 saturated heterocycles. The lowest BCUT2D eigenvalue weighted by molar-refractivity contribution is -0.274. The van der Waals surface area contributed by atoms with Crippen LogP contribution in [0.15, 0.2) is 42.6 Å². The van der Waals surface area contributed by atoms with Gasteiger partial charge in [0.15, 0.2) is 0 Å². The number of anilines is 2. The zero-order valence-electron chi connectivity index (χ0n) is 11.6. The summed E-state index contributed by atoms with van der Waals surface area (Å²) >= 11 is 0. The number of nitrogens with one attached hydrogen (secondary N) is 1. The predicted octanol–water partition coefficient (Wildman–Crippen LogP) is 4.85. The van der Waals surface area contributed by atoms with Crippen LogP contribution in [0.5, 0.6) is 5.75 Å². The maximum Gasteiger partial charge on any atom is 0.573 e. The molecule has 0 aliphatic heterocycles. The van der Waals surface area contributed by atoms with Crippen LogP contribution in [-0.4, -0.2) is 11.3 Å². The lowest BCUT2D eigenvalue weighted by Gasteiger charge is -2.14. The first-order chi connectivity index (χ1) is 9.85. The van der Waals surface area contributed by atoms with Crippen molar-refractivity contribution in [1.82, 2.24) is 4.98 Å². The molecule has 3 nitrogen and oxygen atoms in total. The van der Waals surface area contributed by atoms with Gasteiger partial charge in [0.25, 0.3) is 0 Å². The second kappa shape index (κ2) is 6.03. The number of aromatic nitrogens is 1. The van der Waals surface area contributed by atoms with Crippen molar-refractivity contribution in [3.8, 4) is 5.75 Å². The molecule has 0 atom stereocenters. The normalized spacial score (nSPS) is 11.5. The second-order valence-corrected chi connectivity index (χ2v) is 4.79. The van der Waals surface area contributed by atoms with Gasteiger partial charge >= 0.3 is 6.36 Å². The largest absolute Gasteiger partial charge is 0.573 e. The van der Waals surface area contributed by atoms with Gasteiger partial charge in [-0.2, -0.15) is 0 Å². The van der Waals surface area contributed by atoms with E-state index in [1.807, 2.05) is 26.0 Å². The van der Waals surface area contributed by atoms with Gasteiger partial charge < -0.3 is 10.1 Å². The summed E-state index contributed by atoms with van der Waals surface area (Å²) in [6, 6.07) is 9.35. The topological polar surface area (TPSA) is 34.2 Å². The Hall–Kier alpha value is -2.24. The molecular formula is C15H15F3N2O. The Balaban J connectivity index is 2.14. The molecule has 0 amide bonds. The van der Waals surface area contributed by atoms with E-state index in [2.05, 4.69) is 15.0 Å². The van der Waals surface area contributed by atoms with Gasteiger partial charge in [-0.05, 0) is 41.8 Å². The maximum atomic E-state index is 12.1. The van der Waals surface area contributed by atoms with E-state index in [1.165, 1.54) is 24.3 Å². The van der Waals surface area contributed by atoms with Crippen LogP contribution in [0, 0.1) is 0 Å². The Labute approximate surface area is 120 Å². The average Bonchev–Trinajstić information content (AvgIpc) is 2.40. The fourth-order valence-electron chi connectivity index (χ4n) is 1.86. The molecule has 1 heterocycles. The van der Waals surface area contributed by atoms with Crippen LogP contribution in [0.25, 0.3) is 0 Å². The highest BCUT2D eigenvalue weighted by molar-refractivity contribution is 5.60. The Morgan fingerprint density at radius 1 is 1.10 bits per heavy atom. The number of hydrogen-bond donors (Lipinski definition) is 1. The molecular weight excluding hydrogens is 281 g/mol. The molecule has 2 aromatic rings. The highest BCUT2D eigenvalue weighted by atomic mass is 19.4. The molecule has 21 heavy (non-hydrogen) atoms. The van der Waals surface area contributed by atoms with Gasteiger partial charge in [-0.15, -0.1) is 13.2 Å². The number of nitrogens with zero attached hydrogens (tertiary/aromatic N) is 1. The van der Waals surface area contributed by atoms with Gasteiger partial charge in [0.1, 0.15) is 11.6 Å². The summed E-state index contributed by atoms with van der Waals surface area (Å²) in [7, 11) is 0. The zero-order chi connectivity index (χ0) is 15.5. The van der Waals surface area contributed by atoms with E-state index in [-0.39, 0.29) is 11.7 Å². The van der Waals surface area contributed by atoms with Crippen LogP contribution in [0.3, 0.4) is 0 Å². The first kappa shape index (κ1) is 15.2. The maximum absolute atomic E-state index is 12.1. The predicted molar refractivity (Wildman–Crippen MR) is 74.7 cm³/mol. The van der Waals surface area contributed by atoms with Crippen molar-refractivity contribution in [1.29, 1.82) is 0 Å². The molecule has 112 valence electrons. The molecule has 1 aromatic carbocycles. The monoisotopic (exact) mass is 296 g/mol. The van der Waals surface area contributed by atoms with Crippen molar-refractivity contribution < 1.29 is 17.9 Å². The van der Waals surface area contributed by atoms with Crippen molar-refractivity contribution in [2.75, 3.05) is 5.32 Å². The summed E-state index contributed by atoms with van der Waals surface area (Å²) in [5.41, 5.74) is 1.68. The van der Waals surface area contributed by atoms with Crippen LogP contribution >= 0.6 is 0 Å². The van der Waals surface area contributed by atoms with Gasteiger partial charge in [-0.3, -0.25) is 0 Å². The molecule has 0 bridgehead atoms. The SMILES string of the molecule is CC(C)c1cccnc1Nc1ccc(OC(F)(F)F)cc1. The Morgan fingerprint density at radius 2 is 1.76 bits per heavy atom. The molecule has 1 N–H and O–H groups in total. The standard InChI is InChI=1S/C15H15F3N2O/c1-10(2)13-4-3-9-19-14(13)20-11-5-7-12(8-6-11)21-15(16,17)18/h3-10H,1-2H3,(H,19,20). The van der Waals surface area contributed by atoms with E-state index in [9.17, 15) is 13.2 Å². The summed E-state index contributed by atoms with van der Waals surface area (Å²) in [4.78, 5) is 4.25. The molecule has 1 aromatic heterocycles. The van der Waals surface area contributed by atoms with E-state index < -0.39 is 6.36 Å². The first-order valence-corrected chi connectivity index (χ1v) is 6.43. The number of halogens is 3. The van der Waals surface area contributed by atoms with Crippen LogP contribution in [0.4, 0.5) is 24.7 Å². The number of benzene rings is 1. The number of ether oxygens (including phenoxy) is 1. The smallest absolute Gasteiger partial charge is 0.406 e. The quantitative estimate of drug-likeness (QED) is 0.876. The Bertz CT molecular complexity index is 595. The first-order valence-electron chi connectivity index (χ1n) is 6.43. The van der Waals surface area contributed by atoms with Crippen LogP contribution in [-0.2, 0) is 0 Å². The summed E-state index contributed by atoms with van der Waals surface area (Å²) in [6.45, 7) is 4.09. The van der Waals surface area contributed by atoms with E-state index in [0.29, 0.717) is 11.5 Å². The van der Waals surface area contributed by atoms with E-state index in [4.69, 9.17) is 0 Å². The summed E-state index contributed by atoms with van der Waals surface area (Å²) in [6.07, 6.45) is -3.02. The summed E-state index contributed by atoms with van der Waals surface area (Å²) < 4.78 is 40.1. The summed E-state index contributed by atoms with van der Waals surface area (Å²) in [5, 5.41) is 3.10. The highest BCUT2D eigenvalue weighted by Gasteiger charge is 2.30. The van der Waals surface area contributed by atoms with Gasteiger partial charge in [0.05, 0.1) is 0 Å². The molecule has 2 rings (SSSR count). The van der Waals surface area contributed by atoms with Crippen LogP contribution in [0.2, 0.25) is 0 Å². The van der Waals surface area contributed by atoms with Crippen LogP contribution < -0.4 is 10.1 Å². The Kier molecular flexibility index (Phi) is 4.35. The molecule has 6 heteroatoms. The van der Waals surface area contributed by atoms with Gasteiger partial charge in [0.2, 0.25) is 0 Å². The number of pyridine rings is 1. The lowest BCUT2D eigenvalue weighted by atomic mass is 10.0. The molecule has 0 unspecified atom stereocenters. The lowest BCUT2D eigenvalue weighted by Crippen LogP contribution is -2.17. The number of alkyl halides is 3. The molecule has 0 aliphatic rings. The third-order valence-electron chi connectivity index (χ3n) is 2.81. The molecule has 0 radical (unpaired) electrons. The van der Waals surface area contributed by atoms with Gasteiger partial charge in [-0.1, -0.05) is 19.9 Å². The molecule has 0 spiro atoms. The third-order valence-corrected chi connectivity index (χ3v) is 2.81. The minimum absolute atomic E-state index is 0.252. The number of hydrogen-bond acceptors (Lipinski definition) is 3. The molecule has 0 aliphatic carbocycles. The van der Waals surface area contributed by atoms with Crippen LogP contribution in [0.1, 0.15) is 25.3 Å². The zero-order valence-corrected chi connectivity index (χ0v) is 11.6. The third kappa shape index (κ3) is 4.37. The Morgan fingerprint density at radius 3 is 2.33 bits per heavy atom. The van der Waals surface area contributed by atoms with Crippen molar-refractivity contribution in [3.05, 3.63) is 48.2 Å². The molecule has 0 fully saturated rings. The average molecular weight is 296 g/mol. The fraction of sp³-hybridized carbons (Fsp3) is 0.267. The number of rotatable bonds is 4. The minimum atomic E-state index is -4.68. The highest BCUT2D eigenvalue weighted by Crippen LogP contribution is 2.27. The van der Waals surface area contributed by atoms with Crippen molar-refractivity contribution in [2.45, 2.75) is 26.1 Å². The summed E-state index contributed by atoms with van der Waals surface area (Å²) in [5.74, 6) is 0.726. The van der Waals surface area contributed by atoms with E-state index >= 15 is 0 Å². The van der Waals surface area contributed by atoms with Gasteiger partial charge in [0, 0.05) is 11.9 Å². The molecule has 0 saturated carbocycles. The van der Waals surface area contributed by atoms with E-state index in [0.717, 1.165) is 5.56 Å².